The van der Waals surface area contributed by atoms with Gasteiger partial charge in [-0.3, -0.25) is 0 Å². The third-order valence-corrected chi connectivity index (χ3v) is 4.84. The molecule has 0 atom stereocenters. The molecular formula is C20H26BF4IO. The molecule has 0 bridgehead atoms. The first-order valence-corrected chi connectivity index (χ1v) is 10.3. The van der Waals surface area contributed by atoms with Gasteiger partial charge in [-0.2, -0.15) is 0 Å². The first-order valence-electron chi connectivity index (χ1n) is 9.18. The molecule has 0 amide bonds. The highest BCUT2D eigenvalue weighted by molar-refractivity contribution is 6.50. The van der Waals surface area contributed by atoms with Gasteiger partial charge in [0.15, 0.2) is 3.57 Å². The Labute approximate surface area is 172 Å². The number of hydrogen-bond donors (Lipinski definition) is 0. The number of unbranched alkanes of at least 4 members (excludes halogenated alkanes) is 5. The van der Waals surface area contributed by atoms with Crippen LogP contribution in [0.4, 0.5) is 17.3 Å². The summed E-state index contributed by atoms with van der Waals surface area (Å²) in [5, 5.41) is 0. The normalized spacial score (nSPS) is 10.9. The van der Waals surface area contributed by atoms with Crippen molar-refractivity contribution in [1.29, 1.82) is 0 Å². The van der Waals surface area contributed by atoms with Crippen LogP contribution in [0, 0.1) is 3.57 Å². The van der Waals surface area contributed by atoms with E-state index in [1.807, 2.05) is 0 Å². The predicted molar refractivity (Wildman–Crippen MR) is 101 cm³/mol. The minimum Gasteiger partial charge on any atom is -0.494 e. The van der Waals surface area contributed by atoms with Gasteiger partial charge in [-0.05, 0) is 36.2 Å². The lowest BCUT2D eigenvalue weighted by atomic mass is 10.1. The zero-order valence-electron chi connectivity index (χ0n) is 15.5. The van der Waals surface area contributed by atoms with Crippen LogP contribution in [-0.4, -0.2) is 13.9 Å². The third-order valence-electron chi connectivity index (χ3n) is 3.82. The van der Waals surface area contributed by atoms with Crippen molar-refractivity contribution in [2.24, 2.45) is 0 Å². The van der Waals surface area contributed by atoms with Crippen molar-refractivity contribution in [3.63, 3.8) is 0 Å². The zero-order chi connectivity index (χ0) is 20.1. The maximum Gasteiger partial charge on any atom is 0.673 e. The summed E-state index contributed by atoms with van der Waals surface area (Å²) in [5.74, 6) is 0.978. The van der Waals surface area contributed by atoms with Crippen LogP contribution in [0.3, 0.4) is 0 Å². The summed E-state index contributed by atoms with van der Waals surface area (Å²) in [6.07, 6.45) is 7.81. The van der Waals surface area contributed by atoms with Gasteiger partial charge in [0, 0.05) is 5.56 Å². The Morgan fingerprint density at radius 3 is 1.96 bits per heavy atom. The summed E-state index contributed by atoms with van der Waals surface area (Å²) in [5.41, 5.74) is 2.56. The number of ether oxygens (including phenoxy) is 1. The molecule has 0 spiro atoms. The van der Waals surface area contributed by atoms with Crippen molar-refractivity contribution in [3.05, 3.63) is 52.1 Å². The molecule has 7 heteroatoms. The van der Waals surface area contributed by atoms with Crippen LogP contribution in [-0.2, 0) is 0 Å². The van der Waals surface area contributed by atoms with Crippen molar-refractivity contribution in [1.82, 2.24) is 0 Å². The molecule has 0 saturated carbocycles. The van der Waals surface area contributed by atoms with E-state index in [1.165, 1.54) is 46.8 Å². The number of rotatable bonds is 9. The molecule has 2 rings (SSSR count). The molecule has 0 heterocycles. The van der Waals surface area contributed by atoms with Gasteiger partial charge in [-0.25, -0.2) is 0 Å². The highest BCUT2D eigenvalue weighted by Crippen LogP contribution is 2.22. The molecule has 0 aliphatic rings. The van der Waals surface area contributed by atoms with Gasteiger partial charge in [0.25, 0.3) is 22.6 Å². The minimum absolute atomic E-state index is 0.830. The molecule has 27 heavy (non-hydrogen) atoms. The smallest absolute Gasteiger partial charge is 0.494 e. The summed E-state index contributed by atoms with van der Waals surface area (Å²) in [7, 11) is -6.00. The molecule has 2 aromatic rings. The van der Waals surface area contributed by atoms with Gasteiger partial charge >= 0.3 is 7.25 Å². The molecule has 0 radical (unpaired) electrons. The monoisotopic (exact) mass is 496 g/mol. The van der Waals surface area contributed by atoms with Crippen molar-refractivity contribution in [2.45, 2.75) is 45.4 Å². The Kier molecular flexibility index (Phi) is 11.5. The predicted octanol–water partition coefficient (Wildman–Crippen LogP) is 3.85. The van der Waals surface area contributed by atoms with E-state index in [4.69, 9.17) is 4.74 Å². The fraction of sp³-hybridized carbons (Fsp3) is 0.400. The number of benzene rings is 2. The standard InChI is InChI=1S/C20H26IO.BF4/c1-2-3-4-5-6-9-16-22-18-14-12-17(13-15-18)19-10-7-8-11-20(19)21;2-1(3,4)5/h7-8,10-15,21H,2-6,9,16H2,1H3;/q+1;-1. The average Bonchev–Trinajstić information content (AvgIpc) is 2.61. The zero-order valence-corrected chi connectivity index (χ0v) is 17.8. The maximum absolute atomic E-state index is 9.75. The lowest BCUT2D eigenvalue weighted by molar-refractivity contribution is -0.326. The first-order chi connectivity index (χ1) is 12.8. The van der Waals surface area contributed by atoms with Gasteiger partial charge in [0.2, 0.25) is 0 Å². The Bertz CT molecular complexity index is 641. The Hall–Kier alpha value is -1.25. The fourth-order valence-electron chi connectivity index (χ4n) is 2.51. The Morgan fingerprint density at radius 2 is 1.37 bits per heavy atom. The highest BCUT2D eigenvalue weighted by atomic mass is 127. The molecule has 2 aromatic carbocycles. The van der Waals surface area contributed by atoms with E-state index < -0.39 is 7.25 Å². The molecule has 0 aliphatic carbocycles. The lowest BCUT2D eigenvalue weighted by Gasteiger charge is -2.07. The van der Waals surface area contributed by atoms with Gasteiger partial charge in [0.1, 0.15) is 5.75 Å². The quantitative estimate of drug-likeness (QED) is 0.222. The van der Waals surface area contributed by atoms with Gasteiger partial charge in [-0.1, -0.05) is 63.3 Å². The van der Waals surface area contributed by atoms with Crippen molar-refractivity contribution in [3.8, 4) is 16.9 Å². The van der Waals surface area contributed by atoms with Gasteiger partial charge < -0.3 is 22.0 Å². The molecule has 0 N–H and O–H groups in total. The number of hydrogen-bond acceptors (Lipinski definition) is 1. The van der Waals surface area contributed by atoms with Crippen LogP contribution in [0.1, 0.15) is 45.4 Å². The van der Waals surface area contributed by atoms with Gasteiger partial charge in [-0.15, -0.1) is 0 Å². The minimum atomic E-state index is -6.00. The highest BCUT2D eigenvalue weighted by Gasteiger charge is 2.20. The van der Waals surface area contributed by atoms with Crippen LogP contribution in [0.5, 0.6) is 5.75 Å². The molecule has 0 fully saturated rings. The lowest BCUT2D eigenvalue weighted by Crippen LogP contribution is -3.34. The average molecular weight is 496 g/mol. The number of halogens is 5. The first kappa shape index (κ1) is 23.8. The third kappa shape index (κ3) is 11.9. The van der Waals surface area contributed by atoms with E-state index in [9.17, 15) is 17.3 Å². The van der Waals surface area contributed by atoms with E-state index in [-0.39, 0.29) is 0 Å². The second kappa shape index (κ2) is 13.0. The van der Waals surface area contributed by atoms with Crippen molar-refractivity contribution < 1.29 is 44.6 Å². The van der Waals surface area contributed by atoms with Crippen LogP contribution < -0.4 is 27.3 Å². The van der Waals surface area contributed by atoms with Gasteiger partial charge in [0.05, 0.1) is 6.61 Å². The van der Waals surface area contributed by atoms with Crippen LogP contribution in [0.2, 0.25) is 0 Å². The van der Waals surface area contributed by atoms with E-state index >= 15 is 0 Å². The molecular weight excluding hydrogens is 470 g/mol. The topological polar surface area (TPSA) is 9.23 Å². The van der Waals surface area contributed by atoms with E-state index in [1.54, 1.807) is 0 Å². The Morgan fingerprint density at radius 1 is 0.815 bits per heavy atom. The molecule has 0 unspecified atom stereocenters. The molecule has 0 aromatic heterocycles. The second-order valence-corrected chi connectivity index (χ2v) is 7.39. The molecule has 0 aliphatic heterocycles. The SMILES string of the molecule is CCCCCCCCOc1ccc(-c2ccccc2[IH+])cc1.F[B-](F)(F)F. The van der Waals surface area contributed by atoms with Crippen LogP contribution in [0.25, 0.3) is 11.1 Å². The fourth-order valence-corrected chi connectivity index (χ4v) is 3.26. The Balaban J connectivity index is 0.000000646. The molecule has 0 saturated heterocycles. The summed E-state index contributed by atoms with van der Waals surface area (Å²) < 4.78 is 46.2. The summed E-state index contributed by atoms with van der Waals surface area (Å²) in [6, 6.07) is 17.0. The van der Waals surface area contributed by atoms with Crippen molar-refractivity contribution in [2.75, 3.05) is 6.61 Å². The van der Waals surface area contributed by atoms with Crippen LogP contribution >= 0.6 is 0 Å². The summed E-state index contributed by atoms with van der Waals surface area (Å²) in [4.78, 5) is 0. The van der Waals surface area contributed by atoms with E-state index in [0.717, 1.165) is 18.8 Å². The molecule has 1 nitrogen and oxygen atoms in total. The van der Waals surface area contributed by atoms with Crippen LogP contribution in [0.15, 0.2) is 48.5 Å². The van der Waals surface area contributed by atoms with Crippen molar-refractivity contribution >= 4 is 7.25 Å². The molecule has 150 valence electrons. The second-order valence-electron chi connectivity index (χ2n) is 6.13. The summed E-state index contributed by atoms with van der Waals surface area (Å²) in [6.45, 7) is 3.08. The largest absolute Gasteiger partial charge is 0.673 e. The van der Waals surface area contributed by atoms with E-state index in [2.05, 4.69) is 78.0 Å². The van der Waals surface area contributed by atoms with E-state index in [0.29, 0.717) is 0 Å². The maximum atomic E-state index is 9.75. The summed E-state index contributed by atoms with van der Waals surface area (Å²) >= 11 is 2.07.